The lowest BCUT2D eigenvalue weighted by Crippen LogP contribution is -2.46. The molecule has 0 bridgehead atoms. The highest BCUT2D eigenvalue weighted by molar-refractivity contribution is 4.94. The van der Waals surface area contributed by atoms with E-state index in [1.807, 2.05) is 0 Å². The first kappa shape index (κ1) is 14.8. The molecule has 0 aliphatic heterocycles. The Kier molecular flexibility index (Phi) is 5.04. The minimum absolute atomic E-state index is 0.602. The highest BCUT2D eigenvalue weighted by atomic mass is 15.2. The van der Waals surface area contributed by atoms with E-state index in [1.54, 1.807) is 0 Å². The van der Waals surface area contributed by atoms with Gasteiger partial charge in [0.15, 0.2) is 0 Å². The third-order valence-electron chi connectivity index (χ3n) is 5.63. The maximum atomic E-state index is 3.75. The van der Waals surface area contributed by atoms with Gasteiger partial charge in [-0.3, -0.25) is 4.90 Å². The molecule has 0 heterocycles. The van der Waals surface area contributed by atoms with Gasteiger partial charge in [0, 0.05) is 25.7 Å². The van der Waals surface area contributed by atoms with Crippen molar-refractivity contribution in [2.45, 2.75) is 77.2 Å². The average Bonchev–Trinajstić information content (AvgIpc) is 3.33. The molecule has 0 aromatic rings. The zero-order chi connectivity index (χ0) is 13.8. The summed E-state index contributed by atoms with van der Waals surface area (Å²) in [5.41, 5.74) is 0.602. The molecule has 0 unspecified atom stereocenters. The molecule has 0 radical (unpaired) electrons. The number of rotatable bonds is 9. The monoisotopic (exact) mass is 278 g/mol. The molecule has 0 aromatic heterocycles. The molecule has 0 aromatic carbocycles. The maximum Gasteiger partial charge on any atom is 0.00967 e. The average molecular weight is 278 g/mol. The topological polar surface area (TPSA) is 15.3 Å². The first-order valence-electron chi connectivity index (χ1n) is 9.26. The van der Waals surface area contributed by atoms with Gasteiger partial charge >= 0.3 is 0 Å². The Morgan fingerprint density at radius 3 is 2.40 bits per heavy atom. The first-order valence-corrected chi connectivity index (χ1v) is 9.26. The van der Waals surface area contributed by atoms with Crippen molar-refractivity contribution in [3.05, 3.63) is 0 Å². The molecule has 20 heavy (non-hydrogen) atoms. The van der Waals surface area contributed by atoms with Crippen molar-refractivity contribution in [1.29, 1.82) is 0 Å². The van der Waals surface area contributed by atoms with E-state index < -0.39 is 0 Å². The quantitative estimate of drug-likeness (QED) is 0.645. The van der Waals surface area contributed by atoms with Crippen molar-refractivity contribution in [3.63, 3.8) is 0 Å². The highest BCUT2D eigenvalue weighted by Crippen LogP contribution is 2.41. The maximum absolute atomic E-state index is 3.75. The zero-order valence-electron chi connectivity index (χ0n) is 13.5. The summed E-state index contributed by atoms with van der Waals surface area (Å²) < 4.78 is 0. The summed E-state index contributed by atoms with van der Waals surface area (Å²) in [4.78, 5) is 2.90. The summed E-state index contributed by atoms with van der Waals surface area (Å²) in [5.74, 6) is 1.06. The van der Waals surface area contributed by atoms with Crippen LogP contribution in [0.2, 0.25) is 0 Å². The molecule has 2 heteroatoms. The van der Waals surface area contributed by atoms with E-state index in [2.05, 4.69) is 17.1 Å². The van der Waals surface area contributed by atoms with Gasteiger partial charge in [0.05, 0.1) is 0 Å². The molecule has 2 nitrogen and oxygen atoms in total. The summed E-state index contributed by atoms with van der Waals surface area (Å²) in [6, 6.07) is 0.959. The Labute approximate surface area is 125 Å². The highest BCUT2D eigenvalue weighted by Gasteiger charge is 2.40. The van der Waals surface area contributed by atoms with Crippen LogP contribution in [0.3, 0.4) is 0 Å². The lowest BCUT2D eigenvalue weighted by molar-refractivity contribution is 0.0941. The number of nitrogens with one attached hydrogen (secondary N) is 1. The van der Waals surface area contributed by atoms with Crippen molar-refractivity contribution in [1.82, 2.24) is 10.2 Å². The third-order valence-corrected chi connectivity index (χ3v) is 5.63. The van der Waals surface area contributed by atoms with Crippen molar-refractivity contribution in [3.8, 4) is 0 Å². The molecular formula is C18H34N2. The van der Waals surface area contributed by atoms with E-state index >= 15 is 0 Å². The molecule has 1 N–H and O–H groups in total. The fourth-order valence-electron chi connectivity index (χ4n) is 4.07. The zero-order valence-corrected chi connectivity index (χ0v) is 13.5. The Bertz CT molecular complexity index is 288. The predicted octanol–water partition coefficient (Wildman–Crippen LogP) is 3.81. The predicted molar refractivity (Wildman–Crippen MR) is 86.0 cm³/mol. The molecule has 3 fully saturated rings. The second-order valence-corrected chi connectivity index (χ2v) is 7.84. The van der Waals surface area contributed by atoms with Crippen molar-refractivity contribution in [2.24, 2.45) is 11.3 Å². The fraction of sp³-hybridized carbons (Fsp3) is 1.00. The van der Waals surface area contributed by atoms with Crippen molar-refractivity contribution in [2.75, 3.05) is 26.2 Å². The summed E-state index contributed by atoms with van der Waals surface area (Å²) in [6.45, 7) is 7.57. The van der Waals surface area contributed by atoms with Gasteiger partial charge in [-0.1, -0.05) is 26.2 Å². The van der Waals surface area contributed by atoms with Gasteiger partial charge in [0.2, 0.25) is 0 Å². The van der Waals surface area contributed by atoms with Crippen LogP contribution in [-0.2, 0) is 0 Å². The van der Waals surface area contributed by atoms with Gasteiger partial charge in [0.25, 0.3) is 0 Å². The van der Waals surface area contributed by atoms with E-state index in [-0.39, 0.29) is 0 Å². The van der Waals surface area contributed by atoms with E-state index in [4.69, 9.17) is 0 Å². The van der Waals surface area contributed by atoms with E-state index in [0.717, 1.165) is 12.0 Å². The smallest absolute Gasteiger partial charge is 0.00967 e. The van der Waals surface area contributed by atoms with Crippen molar-refractivity contribution >= 4 is 0 Å². The minimum Gasteiger partial charge on any atom is -0.316 e. The van der Waals surface area contributed by atoms with Gasteiger partial charge in [-0.15, -0.1) is 0 Å². The molecule has 3 aliphatic rings. The van der Waals surface area contributed by atoms with E-state index in [1.165, 1.54) is 90.4 Å². The largest absolute Gasteiger partial charge is 0.316 e. The minimum atomic E-state index is 0.602. The Morgan fingerprint density at radius 1 is 1.05 bits per heavy atom. The van der Waals surface area contributed by atoms with Gasteiger partial charge in [-0.2, -0.15) is 0 Å². The number of nitrogens with zero attached hydrogens (tertiary/aromatic N) is 1. The first-order chi connectivity index (χ1) is 9.81. The lowest BCUT2D eigenvalue weighted by atomic mass is 9.73. The van der Waals surface area contributed by atoms with Gasteiger partial charge in [-0.05, 0) is 62.8 Å². The van der Waals surface area contributed by atoms with Crippen LogP contribution in [0.4, 0.5) is 0 Å². The normalized spacial score (nSPS) is 26.1. The lowest BCUT2D eigenvalue weighted by Gasteiger charge is -2.42. The van der Waals surface area contributed by atoms with Crippen LogP contribution < -0.4 is 5.32 Å². The summed E-state index contributed by atoms with van der Waals surface area (Å²) in [6.07, 6.45) is 14.6. The second kappa shape index (κ2) is 6.79. The van der Waals surface area contributed by atoms with Crippen LogP contribution in [0, 0.1) is 11.3 Å². The molecular weight excluding hydrogens is 244 g/mol. The number of hydrogen-bond acceptors (Lipinski definition) is 2. The Morgan fingerprint density at radius 2 is 1.80 bits per heavy atom. The standard InChI is InChI=1S/C18H34N2/c1-2-12-19-14-18(10-4-3-5-11-18)15-20(17-8-9-17)13-16-6-7-16/h16-17,19H,2-15H2,1H3. The van der Waals surface area contributed by atoms with Crippen LogP contribution in [0.5, 0.6) is 0 Å². The molecule has 3 saturated carbocycles. The van der Waals surface area contributed by atoms with Gasteiger partial charge in [-0.25, -0.2) is 0 Å². The van der Waals surface area contributed by atoms with E-state index in [0.29, 0.717) is 5.41 Å². The van der Waals surface area contributed by atoms with Crippen LogP contribution >= 0.6 is 0 Å². The molecule has 0 saturated heterocycles. The molecule has 0 spiro atoms. The fourth-order valence-corrected chi connectivity index (χ4v) is 4.07. The molecule has 3 aliphatic carbocycles. The molecule has 3 rings (SSSR count). The molecule has 0 atom stereocenters. The summed E-state index contributed by atoms with van der Waals surface area (Å²) in [7, 11) is 0. The van der Waals surface area contributed by atoms with Gasteiger partial charge < -0.3 is 5.32 Å². The molecule has 0 amide bonds. The second-order valence-electron chi connectivity index (χ2n) is 7.84. The molecule has 116 valence electrons. The summed E-state index contributed by atoms with van der Waals surface area (Å²) in [5, 5.41) is 3.75. The third kappa shape index (κ3) is 4.21. The van der Waals surface area contributed by atoms with Gasteiger partial charge in [0.1, 0.15) is 0 Å². The Balaban J connectivity index is 1.57. The van der Waals surface area contributed by atoms with Crippen LogP contribution in [0.15, 0.2) is 0 Å². The van der Waals surface area contributed by atoms with Crippen LogP contribution in [0.25, 0.3) is 0 Å². The Hall–Kier alpha value is -0.0800. The SMILES string of the molecule is CCCNCC1(CN(CC2CC2)C2CC2)CCCCC1. The van der Waals surface area contributed by atoms with Crippen molar-refractivity contribution < 1.29 is 0 Å². The van der Waals surface area contributed by atoms with E-state index in [9.17, 15) is 0 Å². The summed E-state index contributed by atoms with van der Waals surface area (Å²) >= 11 is 0. The van der Waals surface area contributed by atoms with Crippen LogP contribution in [0.1, 0.15) is 71.1 Å². The van der Waals surface area contributed by atoms with Crippen LogP contribution in [-0.4, -0.2) is 37.1 Å². The number of hydrogen-bond donors (Lipinski definition) is 1.